The van der Waals surface area contributed by atoms with Gasteiger partial charge in [0.15, 0.2) is 0 Å². The van der Waals surface area contributed by atoms with Crippen molar-refractivity contribution in [3.05, 3.63) is 0 Å². The van der Waals surface area contributed by atoms with Crippen LogP contribution in [0.25, 0.3) is 0 Å². The molecule has 2 unspecified atom stereocenters. The Balaban J connectivity index is 4.03. The summed E-state index contributed by atoms with van der Waals surface area (Å²) in [4.78, 5) is 11.7. The number of alkyl carbamates (subject to hydrolysis) is 1. The highest BCUT2D eigenvalue weighted by Crippen LogP contribution is 2.63. The summed E-state index contributed by atoms with van der Waals surface area (Å²) >= 11 is 4.58. The normalized spacial score (nSPS) is 16.1. The molecule has 0 saturated carbocycles. The Morgan fingerprint density at radius 2 is 2.10 bits per heavy atom. The van der Waals surface area contributed by atoms with Crippen LogP contribution in [0.3, 0.4) is 0 Å². The Labute approximate surface area is 131 Å². The molecule has 0 bridgehead atoms. The summed E-state index contributed by atoms with van der Waals surface area (Å²) in [6.07, 6.45) is 14.8. The first kappa shape index (κ1) is 19.4. The van der Waals surface area contributed by atoms with Gasteiger partial charge in [-0.1, -0.05) is 0 Å². The highest BCUT2D eigenvalue weighted by atomic mass is 33.5. The second-order valence-electron chi connectivity index (χ2n) is 3.77. The first-order valence-corrected chi connectivity index (χ1v) is 10.8. The maximum absolute atomic E-state index is 11.7. The van der Waals surface area contributed by atoms with Crippen LogP contribution < -0.4 is 5.32 Å². The first-order chi connectivity index (χ1) is 9.47. The maximum Gasteiger partial charge on any atom is 0.408 e. The number of hydrogen-bond donors (Lipinski definition) is 2. The van der Waals surface area contributed by atoms with Gasteiger partial charge in [0.2, 0.25) is 0 Å². The lowest BCUT2D eigenvalue weighted by molar-refractivity contribution is 0.0752. The van der Waals surface area contributed by atoms with Crippen molar-refractivity contribution in [3.8, 4) is 24.7 Å². The molecule has 1 N–H and O–H groups in total. The summed E-state index contributed by atoms with van der Waals surface area (Å²) in [5.41, 5.74) is 0. The van der Waals surface area contributed by atoms with E-state index in [1.165, 1.54) is 0 Å². The Morgan fingerprint density at radius 1 is 1.40 bits per heavy atom. The van der Waals surface area contributed by atoms with Crippen molar-refractivity contribution in [2.75, 3.05) is 32.3 Å². The molecule has 0 aliphatic rings. The number of hydrogen-bond acceptors (Lipinski definition) is 5. The van der Waals surface area contributed by atoms with Gasteiger partial charge in [0.1, 0.15) is 6.61 Å². The van der Waals surface area contributed by atoms with Crippen LogP contribution in [-0.2, 0) is 9.47 Å². The van der Waals surface area contributed by atoms with Crippen LogP contribution in [0.4, 0.5) is 4.79 Å². The van der Waals surface area contributed by atoms with E-state index in [2.05, 4.69) is 28.8 Å². The molecule has 0 rings (SSSR count). The van der Waals surface area contributed by atoms with E-state index in [0.29, 0.717) is 26.1 Å². The van der Waals surface area contributed by atoms with Crippen LogP contribution in [-0.4, -0.2) is 43.8 Å². The van der Waals surface area contributed by atoms with Crippen LogP contribution in [0.2, 0.25) is 0 Å². The van der Waals surface area contributed by atoms with Crippen molar-refractivity contribution in [1.82, 2.24) is 5.32 Å². The van der Waals surface area contributed by atoms with E-state index in [4.69, 9.17) is 22.3 Å². The fraction of sp³-hybridized carbons (Fsp3) is 0.615. The van der Waals surface area contributed by atoms with Crippen molar-refractivity contribution in [1.29, 1.82) is 0 Å². The van der Waals surface area contributed by atoms with Crippen molar-refractivity contribution < 1.29 is 14.3 Å². The van der Waals surface area contributed by atoms with Crippen molar-refractivity contribution in [3.63, 3.8) is 0 Å². The Hall–Kier alpha value is -0.600. The van der Waals surface area contributed by atoms with Gasteiger partial charge >= 0.3 is 6.09 Å². The number of terminal acetylenes is 2. The quantitative estimate of drug-likeness (QED) is 0.294. The molecule has 7 heteroatoms. The summed E-state index contributed by atoms with van der Waals surface area (Å²) in [6, 6.07) is 0. The van der Waals surface area contributed by atoms with E-state index >= 15 is 0 Å². The second-order valence-corrected chi connectivity index (χ2v) is 12.5. The molecular weight excluding hydrogens is 314 g/mol. The summed E-state index contributed by atoms with van der Waals surface area (Å²) in [5.74, 6) is 5.01. The lowest BCUT2D eigenvalue weighted by Crippen LogP contribution is -2.36. The highest BCUT2D eigenvalue weighted by molar-refractivity contribution is 9.21. The SMILES string of the molecule is C#CCCOCCOC(=O)NC(CC#C)S(C)(S)SC. The van der Waals surface area contributed by atoms with E-state index in [1.807, 2.05) is 12.5 Å². The molecule has 0 aromatic heterocycles. The number of nitrogens with one attached hydrogen (secondary N) is 1. The van der Waals surface area contributed by atoms with Crippen LogP contribution in [0.5, 0.6) is 0 Å². The van der Waals surface area contributed by atoms with Gasteiger partial charge < -0.3 is 14.8 Å². The molecule has 1 amide bonds. The zero-order valence-electron chi connectivity index (χ0n) is 11.8. The third-order valence-corrected chi connectivity index (χ3v) is 9.14. The lowest BCUT2D eigenvalue weighted by atomic mass is 10.4. The van der Waals surface area contributed by atoms with Crippen molar-refractivity contribution >= 4 is 36.6 Å². The third-order valence-electron chi connectivity index (χ3n) is 2.30. The topological polar surface area (TPSA) is 47.6 Å². The molecule has 0 heterocycles. The molecule has 20 heavy (non-hydrogen) atoms. The number of amides is 1. The minimum absolute atomic E-state index is 0.178. The summed E-state index contributed by atoms with van der Waals surface area (Å²) < 4.78 is 10.2. The Kier molecular flexibility index (Phi) is 10.8. The fourth-order valence-corrected chi connectivity index (χ4v) is 3.52. The monoisotopic (exact) mass is 335 g/mol. The molecule has 114 valence electrons. The molecule has 0 fully saturated rings. The molecule has 0 aliphatic heterocycles. The van der Waals surface area contributed by atoms with E-state index in [0.717, 1.165) is 0 Å². The molecule has 0 spiro atoms. The minimum atomic E-state index is -1.36. The Morgan fingerprint density at radius 3 is 2.65 bits per heavy atom. The van der Waals surface area contributed by atoms with Crippen molar-refractivity contribution in [2.45, 2.75) is 18.2 Å². The zero-order chi connectivity index (χ0) is 15.4. The largest absolute Gasteiger partial charge is 0.447 e. The number of rotatable bonds is 9. The van der Waals surface area contributed by atoms with E-state index < -0.39 is 14.2 Å². The number of thiol groups is 1. The van der Waals surface area contributed by atoms with E-state index in [9.17, 15) is 4.79 Å². The number of carbonyl (C=O) groups excluding carboxylic acids is 1. The number of carbonyl (C=O) groups is 1. The van der Waals surface area contributed by atoms with Crippen LogP contribution in [0.15, 0.2) is 0 Å². The highest BCUT2D eigenvalue weighted by Gasteiger charge is 2.26. The summed E-state index contributed by atoms with van der Waals surface area (Å²) in [6.45, 7) is 0.964. The predicted octanol–water partition coefficient (Wildman–Crippen LogP) is 2.66. The average molecular weight is 336 g/mol. The first-order valence-electron chi connectivity index (χ1n) is 5.91. The molecular formula is C13H21NO3S3. The Bertz CT molecular complexity index is 374. The molecule has 0 aromatic carbocycles. The van der Waals surface area contributed by atoms with Gasteiger partial charge in [-0.2, -0.15) is 0 Å². The van der Waals surface area contributed by atoms with Gasteiger partial charge in [-0.25, -0.2) is 4.79 Å². The smallest absolute Gasteiger partial charge is 0.408 e. The van der Waals surface area contributed by atoms with Gasteiger partial charge in [-0.15, -0.1) is 55.2 Å². The lowest BCUT2D eigenvalue weighted by Gasteiger charge is -2.35. The third kappa shape index (κ3) is 8.55. The standard InChI is InChI=1S/C13H21NO3S3/c1-5-7-9-16-10-11-17-13(15)14-12(8-6-2)20(4,18)19-3/h1-2,12,18H,7-11H2,3-4H3,(H,14,15). The average Bonchev–Trinajstić information content (AvgIpc) is 2.42. The van der Waals surface area contributed by atoms with Crippen LogP contribution >= 0.6 is 30.5 Å². The van der Waals surface area contributed by atoms with E-state index in [1.54, 1.807) is 10.8 Å². The van der Waals surface area contributed by atoms with Gasteiger partial charge in [0.25, 0.3) is 0 Å². The van der Waals surface area contributed by atoms with Crippen molar-refractivity contribution in [2.24, 2.45) is 0 Å². The zero-order valence-corrected chi connectivity index (χ0v) is 14.3. The molecule has 2 atom stereocenters. The maximum atomic E-state index is 11.7. The van der Waals surface area contributed by atoms with E-state index in [-0.39, 0.29) is 12.0 Å². The predicted molar refractivity (Wildman–Crippen MR) is 92.0 cm³/mol. The summed E-state index contributed by atoms with van der Waals surface area (Å²) in [7, 11) is 0.236. The minimum Gasteiger partial charge on any atom is -0.447 e. The van der Waals surface area contributed by atoms with Gasteiger partial charge in [0.05, 0.1) is 18.6 Å². The molecule has 0 radical (unpaired) electrons. The summed E-state index contributed by atoms with van der Waals surface area (Å²) in [5, 5.41) is 2.57. The molecule has 0 aliphatic carbocycles. The van der Waals surface area contributed by atoms with Gasteiger partial charge in [-0.3, -0.25) is 0 Å². The number of ether oxygens (including phenoxy) is 2. The van der Waals surface area contributed by atoms with Gasteiger partial charge in [0, 0.05) is 12.8 Å². The molecule has 0 saturated heterocycles. The molecule has 0 aromatic rings. The molecule has 4 nitrogen and oxygen atoms in total. The second kappa shape index (κ2) is 11.1. The van der Waals surface area contributed by atoms with Crippen LogP contribution in [0, 0.1) is 24.7 Å². The van der Waals surface area contributed by atoms with Crippen LogP contribution in [0.1, 0.15) is 12.8 Å². The fourth-order valence-electron chi connectivity index (χ4n) is 1.14. The van der Waals surface area contributed by atoms with Gasteiger partial charge in [-0.05, 0) is 12.5 Å².